The van der Waals surface area contributed by atoms with Crippen LogP contribution in [0.25, 0.3) is 6.20 Å². The monoisotopic (exact) mass is 317 g/mol. The van der Waals surface area contributed by atoms with Crippen LogP contribution in [0.15, 0.2) is 46.0 Å². The van der Waals surface area contributed by atoms with Crippen molar-refractivity contribution in [3.63, 3.8) is 0 Å². The maximum absolute atomic E-state index is 12.4. The summed E-state index contributed by atoms with van der Waals surface area (Å²) in [5.41, 5.74) is 1.06. The number of hydrogen-bond donors (Lipinski definition) is 0. The van der Waals surface area contributed by atoms with Crippen molar-refractivity contribution in [3.05, 3.63) is 52.3 Å². The van der Waals surface area contributed by atoms with Crippen LogP contribution in [0.1, 0.15) is 23.0 Å². The van der Waals surface area contributed by atoms with Crippen molar-refractivity contribution in [2.45, 2.75) is 6.92 Å². The molecule has 4 nitrogen and oxygen atoms in total. The summed E-state index contributed by atoms with van der Waals surface area (Å²) in [6.07, 6.45) is 3.25. The molecule has 0 N–H and O–H groups in total. The highest BCUT2D eigenvalue weighted by molar-refractivity contribution is 9.11. The number of carbonyl (C=O) groups excluding carboxylic acids is 1. The van der Waals surface area contributed by atoms with Gasteiger partial charge in [-0.2, -0.15) is 0 Å². The average molecular weight is 318 g/mol. The fraction of sp³-hybridized carbons (Fsp3) is 0.0714. The second-order valence-corrected chi connectivity index (χ2v) is 5.13. The fourth-order valence-electron chi connectivity index (χ4n) is 1.68. The van der Waals surface area contributed by atoms with Gasteiger partial charge in [-0.05, 0) is 13.6 Å². The molecule has 0 fully saturated rings. The molecular weight excluding hydrogens is 306 g/mol. The number of ketones is 1. The summed E-state index contributed by atoms with van der Waals surface area (Å²) in [7, 11) is 0. The third-order valence-electron chi connectivity index (χ3n) is 2.49. The first-order valence-electron chi connectivity index (χ1n) is 5.61. The molecule has 96 valence electrons. The van der Waals surface area contributed by atoms with Crippen molar-refractivity contribution in [3.8, 4) is 0 Å². The molecule has 1 aromatic heterocycles. The molecule has 5 heteroatoms. The zero-order valence-corrected chi connectivity index (χ0v) is 12.0. The molecule has 2 aromatic rings. The Bertz CT molecular complexity index is 640. The van der Waals surface area contributed by atoms with E-state index in [1.54, 1.807) is 22.9 Å². The van der Waals surface area contributed by atoms with Crippen LogP contribution in [0.5, 0.6) is 0 Å². The number of benzene rings is 1. The molecule has 0 aliphatic rings. The topological polar surface area (TPSA) is 47.2 Å². The van der Waals surface area contributed by atoms with Crippen molar-refractivity contribution in [2.75, 3.05) is 0 Å². The first kappa shape index (κ1) is 13.4. The van der Waals surface area contributed by atoms with E-state index < -0.39 is 0 Å². The zero-order valence-electron chi connectivity index (χ0n) is 10.4. The number of imidazole rings is 1. The average Bonchev–Trinajstić information content (AvgIpc) is 2.81. The summed E-state index contributed by atoms with van der Waals surface area (Å²) in [6, 6.07) is 9.06. The molecule has 0 spiro atoms. The third-order valence-corrected chi connectivity index (χ3v) is 2.70. The van der Waals surface area contributed by atoms with Gasteiger partial charge in [0.1, 0.15) is 5.69 Å². The molecule has 0 aliphatic carbocycles. The Labute approximate surface area is 119 Å². The fourth-order valence-corrected chi connectivity index (χ4v) is 1.88. The van der Waals surface area contributed by atoms with Gasteiger partial charge in [-0.15, -0.1) is 0 Å². The number of rotatable bonds is 4. The second-order valence-electron chi connectivity index (χ2n) is 3.88. The lowest BCUT2D eigenvalue weighted by molar-refractivity contribution is 0.103. The molecule has 2 rings (SSSR count). The van der Waals surface area contributed by atoms with Gasteiger partial charge >= 0.3 is 0 Å². The normalized spacial score (nSPS) is 11.4. The summed E-state index contributed by atoms with van der Waals surface area (Å²) in [5.74, 6) is 0.283. The van der Waals surface area contributed by atoms with Gasteiger partial charge in [0.25, 0.3) is 0 Å². The van der Waals surface area contributed by atoms with Gasteiger partial charge in [-0.3, -0.25) is 9.36 Å². The van der Waals surface area contributed by atoms with Crippen LogP contribution in [0.3, 0.4) is 0 Å². The van der Waals surface area contributed by atoms with Gasteiger partial charge in [0.15, 0.2) is 0 Å². The summed E-state index contributed by atoms with van der Waals surface area (Å²) >= 11 is 3.34. The van der Waals surface area contributed by atoms with E-state index in [4.69, 9.17) is 0 Å². The maximum Gasteiger partial charge on any atom is 0.233 e. The summed E-state index contributed by atoms with van der Waals surface area (Å²) in [5, 5.41) is 0. The summed E-state index contributed by atoms with van der Waals surface area (Å²) in [4.78, 5) is 20.3. The van der Waals surface area contributed by atoms with Gasteiger partial charge < -0.3 is 0 Å². The zero-order chi connectivity index (χ0) is 13.8. The molecule has 0 radical (unpaired) electrons. The number of carbonyl (C=O) groups is 1. The van der Waals surface area contributed by atoms with Gasteiger partial charge in [-0.25, -0.2) is 9.98 Å². The molecular formula is C14H12BrN3O. The number of aliphatic imine (C=N–C) groups is 1. The van der Waals surface area contributed by atoms with Gasteiger partial charge in [0.2, 0.25) is 11.7 Å². The highest BCUT2D eigenvalue weighted by Crippen LogP contribution is 2.19. The number of aromatic nitrogens is 2. The second kappa shape index (κ2) is 5.75. The molecule has 0 amide bonds. The largest absolute Gasteiger partial charge is 0.287 e. The highest BCUT2D eigenvalue weighted by Gasteiger charge is 2.16. The quantitative estimate of drug-likeness (QED) is 0.638. The van der Waals surface area contributed by atoms with Crippen molar-refractivity contribution >= 4 is 40.6 Å². The molecule has 0 aliphatic heterocycles. The van der Waals surface area contributed by atoms with Crippen molar-refractivity contribution in [2.24, 2.45) is 4.99 Å². The highest BCUT2D eigenvalue weighted by atomic mass is 79.9. The predicted molar refractivity (Wildman–Crippen MR) is 80.2 cm³/mol. The lowest BCUT2D eigenvalue weighted by Crippen LogP contribution is -2.06. The Morgan fingerprint density at radius 1 is 1.42 bits per heavy atom. The Morgan fingerprint density at radius 2 is 2.11 bits per heavy atom. The van der Waals surface area contributed by atoms with Crippen molar-refractivity contribution in [1.82, 2.24) is 9.55 Å². The Kier molecular flexibility index (Phi) is 4.06. The first-order valence-corrected chi connectivity index (χ1v) is 6.40. The van der Waals surface area contributed by atoms with E-state index in [2.05, 4.69) is 32.6 Å². The molecule has 1 aromatic carbocycles. The van der Waals surface area contributed by atoms with E-state index >= 15 is 0 Å². The van der Waals surface area contributed by atoms with Crippen LogP contribution in [0.4, 0.5) is 5.95 Å². The SMILES string of the molecule is C=Nc1ncc(C(=O)c2ccccc2)n1/C=C(\C)Br. The van der Waals surface area contributed by atoms with E-state index in [0.717, 1.165) is 4.48 Å². The number of allylic oxidation sites excluding steroid dienone is 1. The van der Waals surface area contributed by atoms with Crippen LogP contribution in [-0.2, 0) is 0 Å². The lowest BCUT2D eigenvalue weighted by atomic mass is 10.1. The Balaban J connectivity index is 2.52. The van der Waals surface area contributed by atoms with Crippen LogP contribution in [0.2, 0.25) is 0 Å². The van der Waals surface area contributed by atoms with E-state index in [-0.39, 0.29) is 5.78 Å². The van der Waals surface area contributed by atoms with E-state index in [1.165, 1.54) is 6.20 Å². The third kappa shape index (κ3) is 2.88. The van der Waals surface area contributed by atoms with Crippen molar-refractivity contribution in [1.29, 1.82) is 0 Å². The van der Waals surface area contributed by atoms with Crippen molar-refractivity contribution < 1.29 is 4.79 Å². The molecule has 0 unspecified atom stereocenters. The van der Waals surface area contributed by atoms with E-state index in [9.17, 15) is 4.79 Å². The van der Waals surface area contributed by atoms with E-state index in [0.29, 0.717) is 17.2 Å². The van der Waals surface area contributed by atoms with Crippen LogP contribution in [-0.4, -0.2) is 22.1 Å². The maximum atomic E-state index is 12.4. The smallest absolute Gasteiger partial charge is 0.233 e. The first-order chi connectivity index (χ1) is 9.13. The molecule has 0 bridgehead atoms. The molecule has 0 saturated carbocycles. The molecule has 19 heavy (non-hydrogen) atoms. The lowest BCUT2D eigenvalue weighted by Gasteiger charge is -2.04. The minimum atomic E-state index is -0.104. The standard InChI is InChI=1S/C14H12BrN3O/c1-10(15)9-18-12(8-17-14(18)16-2)13(19)11-6-4-3-5-7-11/h3-9H,2H2,1H3/b10-9+. The van der Waals surface area contributed by atoms with E-state index in [1.807, 2.05) is 25.1 Å². The van der Waals surface area contributed by atoms with Crippen LogP contribution in [0, 0.1) is 0 Å². The Hall–Kier alpha value is -2.01. The summed E-state index contributed by atoms with van der Waals surface area (Å²) in [6.45, 7) is 5.32. The number of nitrogens with zero attached hydrogens (tertiary/aromatic N) is 3. The number of hydrogen-bond acceptors (Lipinski definition) is 3. The van der Waals surface area contributed by atoms with Crippen LogP contribution >= 0.6 is 15.9 Å². The minimum Gasteiger partial charge on any atom is -0.287 e. The van der Waals surface area contributed by atoms with Crippen LogP contribution < -0.4 is 0 Å². The Morgan fingerprint density at radius 3 is 2.68 bits per heavy atom. The molecule has 0 atom stereocenters. The number of halogens is 1. The molecule has 1 heterocycles. The van der Waals surface area contributed by atoms with Gasteiger partial charge in [0, 0.05) is 16.2 Å². The van der Waals surface area contributed by atoms with Gasteiger partial charge in [0.05, 0.1) is 6.20 Å². The minimum absolute atomic E-state index is 0.104. The summed E-state index contributed by atoms with van der Waals surface area (Å²) < 4.78 is 2.48. The molecule has 0 saturated heterocycles. The van der Waals surface area contributed by atoms with Gasteiger partial charge in [-0.1, -0.05) is 46.3 Å². The predicted octanol–water partition coefficient (Wildman–Crippen LogP) is 3.66.